The molecule has 0 spiro atoms. The second kappa shape index (κ2) is 9.56. The molecule has 0 amide bonds. The van der Waals surface area contributed by atoms with E-state index >= 15 is 0 Å². The van der Waals surface area contributed by atoms with Crippen molar-refractivity contribution >= 4 is 19.9 Å². The van der Waals surface area contributed by atoms with E-state index in [0.717, 1.165) is 78.3 Å². The lowest BCUT2D eigenvalue weighted by molar-refractivity contribution is 0.0907. The summed E-state index contributed by atoms with van der Waals surface area (Å²) < 4.78 is 0. The molecule has 1 aliphatic rings. The van der Waals surface area contributed by atoms with Crippen LogP contribution >= 0.6 is 8.58 Å². The highest BCUT2D eigenvalue weighted by Crippen LogP contribution is 2.49. The lowest BCUT2D eigenvalue weighted by Crippen LogP contribution is -2.38. The van der Waals surface area contributed by atoms with E-state index in [1.54, 1.807) is 0 Å². The van der Waals surface area contributed by atoms with Crippen molar-refractivity contribution < 1.29 is 9.59 Å². The van der Waals surface area contributed by atoms with Gasteiger partial charge < -0.3 is 0 Å². The van der Waals surface area contributed by atoms with Gasteiger partial charge in [0.25, 0.3) is 0 Å². The van der Waals surface area contributed by atoms with Gasteiger partial charge in [0.2, 0.25) is 0 Å². The van der Waals surface area contributed by atoms with Crippen molar-refractivity contribution in [1.82, 2.24) is 0 Å². The molecule has 2 aromatic carbocycles. The van der Waals surface area contributed by atoms with Crippen molar-refractivity contribution in [2.24, 2.45) is 0 Å². The lowest BCUT2D eigenvalue weighted by Gasteiger charge is -2.36. The van der Waals surface area contributed by atoms with Crippen LogP contribution in [0, 0.1) is 20.8 Å². The molecule has 3 rings (SSSR count). The standard InChI is InChI=1S/C27H35O2P/c1-6-21-12-11-13-22(7-2)24(21)25(28)27(14-9-8-10-15-27)30-26(29)23-19(4)16-18(3)17-20(23)5/h11-13,16-17,30H,6-10,14-15H2,1-5H3. The molecule has 2 aromatic rings. The van der Waals surface area contributed by atoms with Crippen molar-refractivity contribution in [3.8, 4) is 0 Å². The molecule has 0 heterocycles. The van der Waals surface area contributed by atoms with Crippen LogP contribution in [0.5, 0.6) is 0 Å². The maximum atomic E-state index is 14.1. The van der Waals surface area contributed by atoms with Crippen LogP contribution in [0.15, 0.2) is 30.3 Å². The monoisotopic (exact) mass is 422 g/mol. The Bertz CT molecular complexity index is 906. The number of carbonyl (C=O) groups is 2. The van der Waals surface area contributed by atoms with E-state index in [2.05, 4.69) is 51.1 Å². The summed E-state index contributed by atoms with van der Waals surface area (Å²) in [5, 5.41) is -0.533. The molecule has 1 unspecified atom stereocenters. The van der Waals surface area contributed by atoms with Gasteiger partial charge in [0.15, 0.2) is 11.3 Å². The summed E-state index contributed by atoms with van der Waals surface area (Å²) in [6.07, 6.45) is 6.59. The number of hydrogen-bond acceptors (Lipinski definition) is 2. The maximum Gasteiger partial charge on any atom is 0.182 e. The van der Waals surface area contributed by atoms with Crippen LogP contribution in [-0.4, -0.2) is 16.5 Å². The number of benzene rings is 2. The third-order valence-corrected chi connectivity index (χ3v) is 8.31. The molecule has 160 valence electrons. The Kier molecular flexibility index (Phi) is 7.30. The summed E-state index contributed by atoms with van der Waals surface area (Å²) >= 11 is 0. The maximum absolute atomic E-state index is 14.1. The van der Waals surface area contributed by atoms with E-state index in [1.807, 2.05) is 13.8 Å². The van der Waals surface area contributed by atoms with E-state index < -0.39 is 5.16 Å². The molecule has 0 radical (unpaired) electrons. The van der Waals surface area contributed by atoms with E-state index in [1.165, 1.54) is 5.56 Å². The van der Waals surface area contributed by atoms with Gasteiger partial charge in [-0.1, -0.05) is 69.0 Å². The smallest absolute Gasteiger partial charge is 0.182 e. The van der Waals surface area contributed by atoms with Gasteiger partial charge in [-0.3, -0.25) is 9.59 Å². The van der Waals surface area contributed by atoms with Gasteiger partial charge in [-0.15, -0.1) is 0 Å². The van der Waals surface area contributed by atoms with Gasteiger partial charge in [-0.2, -0.15) is 0 Å². The average Bonchev–Trinajstić information content (AvgIpc) is 2.72. The normalized spacial score (nSPS) is 16.2. The molecule has 0 N–H and O–H groups in total. The summed E-state index contributed by atoms with van der Waals surface area (Å²) in [7, 11) is 0.00545. The van der Waals surface area contributed by atoms with Crippen LogP contribution in [0.2, 0.25) is 0 Å². The predicted octanol–water partition coefficient (Wildman–Crippen LogP) is 7.14. The minimum absolute atomic E-state index is 0.00545. The number of hydrogen-bond donors (Lipinski definition) is 0. The molecule has 1 fully saturated rings. The van der Waals surface area contributed by atoms with Gasteiger partial charge >= 0.3 is 0 Å². The van der Waals surface area contributed by atoms with Crippen molar-refractivity contribution in [2.75, 3.05) is 0 Å². The molecule has 30 heavy (non-hydrogen) atoms. The molecule has 1 atom stereocenters. The third-order valence-electron chi connectivity index (χ3n) is 6.62. The first-order valence-electron chi connectivity index (χ1n) is 11.4. The second-order valence-electron chi connectivity index (χ2n) is 8.86. The van der Waals surface area contributed by atoms with Gasteiger partial charge in [-0.25, -0.2) is 0 Å². The van der Waals surface area contributed by atoms with Crippen LogP contribution in [0.3, 0.4) is 0 Å². The number of aryl methyl sites for hydroxylation is 5. The molecule has 1 aliphatic carbocycles. The summed E-state index contributed by atoms with van der Waals surface area (Å²) in [4.78, 5) is 27.7. The minimum atomic E-state index is -0.533. The first-order chi connectivity index (χ1) is 14.3. The Hall–Kier alpha value is -1.79. The molecular weight excluding hydrogens is 387 g/mol. The summed E-state index contributed by atoms with van der Waals surface area (Å²) in [5.74, 6) is 0.227. The average molecular weight is 423 g/mol. The van der Waals surface area contributed by atoms with E-state index in [0.29, 0.717) is 0 Å². The van der Waals surface area contributed by atoms with Gasteiger partial charge in [0.05, 0.1) is 5.16 Å². The van der Waals surface area contributed by atoms with Crippen molar-refractivity contribution in [3.63, 3.8) is 0 Å². The number of carbonyl (C=O) groups excluding carboxylic acids is 2. The van der Waals surface area contributed by atoms with Crippen LogP contribution in [0.4, 0.5) is 0 Å². The fourth-order valence-electron chi connectivity index (χ4n) is 5.16. The topological polar surface area (TPSA) is 34.1 Å². The van der Waals surface area contributed by atoms with Crippen molar-refractivity contribution in [1.29, 1.82) is 0 Å². The fourth-order valence-corrected chi connectivity index (χ4v) is 6.95. The molecule has 0 aromatic heterocycles. The first kappa shape index (κ1) is 22.9. The first-order valence-corrected chi connectivity index (χ1v) is 12.4. The van der Waals surface area contributed by atoms with Crippen LogP contribution in [-0.2, 0) is 12.8 Å². The number of rotatable bonds is 7. The second-order valence-corrected chi connectivity index (χ2v) is 10.5. The zero-order valence-electron chi connectivity index (χ0n) is 19.2. The summed E-state index contributed by atoms with van der Waals surface area (Å²) in [6, 6.07) is 10.4. The Morgan fingerprint density at radius 3 is 1.90 bits per heavy atom. The molecule has 2 nitrogen and oxygen atoms in total. The Morgan fingerprint density at radius 2 is 1.40 bits per heavy atom. The largest absolute Gasteiger partial charge is 0.293 e. The summed E-state index contributed by atoms with van der Waals surface area (Å²) in [6.45, 7) is 10.3. The SMILES string of the molecule is CCc1cccc(CC)c1C(=O)C1(PC(=O)c2c(C)cc(C)cc2C)CCCCC1. The molecule has 0 aliphatic heterocycles. The number of Topliss-reactive ketones (excluding diaryl/α,β-unsaturated/α-hetero) is 1. The van der Waals surface area contributed by atoms with Crippen LogP contribution < -0.4 is 0 Å². The fraction of sp³-hybridized carbons (Fsp3) is 0.481. The Balaban J connectivity index is 2.05. The predicted molar refractivity (Wildman–Crippen MR) is 129 cm³/mol. The zero-order chi connectivity index (χ0) is 21.9. The lowest BCUT2D eigenvalue weighted by atomic mass is 9.80. The highest BCUT2D eigenvalue weighted by molar-refractivity contribution is 7.61. The van der Waals surface area contributed by atoms with Crippen molar-refractivity contribution in [3.05, 3.63) is 69.3 Å². The van der Waals surface area contributed by atoms with E-state index in [9.17, 15) is 9.59 Å². The van der Waals surface area contributed by atoms with Gasteiger partial charge in [0, 0.05) is 11.1 Å². The van der Waals surface area contributed by atoms with Crippen LogP contribution in [0.25, 0.3) is 0 Å². The van der Waals surface area contributed by atoms with Crippen molar-refractivity contribution in [2.45, 2.75) is 84.7 Å². The quantitative estimate of drug-likeness (QED) is 0.351. The zero-order valence-corrected chi connectivity index (χ0v) is 20.2. The third kappa shape index (κ3) is 4.45. The molecular formula is C27H35O2P. The van der Waals surface area contributed by atoms with Gasteiger partial charge in [-0.05, 0) is 77.3 Å². The number of ketones is 1. The highest BCUT2D eigenvalue weighted by Gasteiger charge is 2.43. The molecule has 1 saturated carbocycles. The van der Waals surface area contributed by atoms with E-state index in [-0.39, 0.29) is 19.9 Å². The molecule has 3 heteroatoms. The minimum Gasteiger partial charge on any atom is -0.293 e. The van der Waals surface area contributed by atoms with E-state index in [4.69, 9.17) is 0 Å². The Morgan fingerprint density at radius 1 is 0.867 bits per heavy atom. The van der Waals surface area contributed by atoms with Gasteiger partial charge in [0.1, 0.15) is 0 Å². The molecule has 0 bridgehead atoms. The Labute approximate surface area is 183 Å². The highest BCUT2D eigenvalue weighted by atomic mass is 31.1. The van der Waals surface area contributed by atoms with Crippen LogP contribution in [0.1, 0.15) is 94.5 Å². The molecule has 0 saturated heterocycles. The summed E-state index contributed by atoms with van der Waals surface area (Å²) in [5.41, 5.74) is 7.40.